The van der Waals surface area contributed by atoms with Crippen LogP contribution >= 0.6 is 0 Å². The van der Waals surface area contributed by atoms with Crippen LogP contribution in [0.5, 0.6) is 0 Å². The zero-order valence-corrected chi connectivity index (χ0v) is 7.72. The Labute approximate surface area is 65.0 Å². The topological polar surface area (TPSA) is 0 Å². The van der Waals surface area contributed by atoms with Crippen molar-refractivity contribution in [3.8, 4) is 0 Å². The summed E-state index contributed by atoms with van der Waals surface area (Å²) in [5.74, 6) is 3.94. The molecule has 0 aliphatic heterocycles. The lowest BCUT2D eigenvalue weighted by atomic mass is 9.88. The van der Waals surface area contributed by atoms with E-state index in [2.05, 4.69) is 27.7 Å². The second-order valence-corrected chi connectivity index (χ2v) is 4.12. The van der Waals surface area contributed by atoms with Gasteiger partial charge in [0.25, 0.3) is 0 Å². The van der Waals surface area contributed by atoms with Crippen LogP contribution in [0.3, 0.4) is 0 Å². The van der Waals surface area contributed by atoms with E-state index >= 15 is 0 Å². The van der Waals surface area contributed by atoms with Crippen LogP contribution in [0.2, 0.25) is 0 Å². The zero-order chi connectivity index (χ0) is 7.72. The lowest BCUT2D eigenvalue weighted by molar-refractivity contribution is 0.314. The van der Waals surface area contributed by atoms with E-state index in [4.69, 9.17) is 0 Å². The second-order valence-electron chi connectivity index (χ2n) is 4.12. The van der Waals surface area contributed by atoms with Gasteiger partial charge in [-0.1, -0.05) is 34.1 Å². The van der Waals surface area contributed by atoms with Crippen LogP contribution in [-0.2, 0) is 0 Å². The molecule has 0 amide bonds. The highest BCUT2D eigenvalue weighted by Gasteiger charge is 2.33. The molecule has 0 aromatic rings. The van der Waals surface area contributed by atoms with Crippen molar-refractivity contribution in [3.63, 3.8) is 0 Å². The van der Waals surface area contributed by atoms with Gasteiger partial charge in [-0.2, -0.15) is 0 Å². The predicted molar refractivity (Wildman–Crippen MR) is 45.9 cm³/mol. The van der Waals surface area contributed by atoms with Gasteiger partial charge in [0.2, 0.25) is 0 Å². The van der Waals surface area contributed by atoms with E-state index < -0.39 is 0 Å². The third-order valence-corrected chi connectivity index (χ3v) is 3.52. The summed E-state index contributed by atoms with van der Waals surface area (Å²) in [6, 6.07) is 0. The van der Waals surface area contributed by atoms with Crippen molar-refractivity contribution < 1.29 is 0 Å². The zero-order valence-electron chi connectivity index (χ0n) is 7.72. The third kappa shape index (κ3) is 1.21. The van der Waals surface area contributed by atoms with Gasteiger partial charge in [-0.3, -0.25) is 0 Å². The van der Waals surface area contributed by atoms with Gasteiger partial charge in [0, 0.05) is 0 Å². The lowest BCUT2D eigenvalue weighted by Crippen LogP contribution is -2.10. The first-order chi connectivity index (χ1) is 4.66. The molecule has 10 heavy (non-hydrogen) atoms. The summed E-state index contributed by atoms with van der Waals surface area (Å²) < 4.78 is 0. The van der Waals surface area contributed by atoms with Crippen molar-refractivity contribution in [2.24, 2.45) is 23.7 Å². The summed E-state index contributed by atoms with van der Waals surface area (Å²) in [5.41, 5.74) is 0. The SMILES string of the molecule is CCC1[C@H](C)C[C@H](C)[C@@H]1C. The third-order valence-electron chi connectivity index (χ3n) is 3.52. The average molecular weight is 140 g/mol. The van der Waals surface area contributed by atoms with Crippen molar-refractivity contribution in [1.29, 1.82) is 0 Å². The monoisotopic (exact) mass is 140 g/mol. The molecule has 1 unspecified atom stereocenters. The minimum absolute atomic E-state index is 0.972. The van der Waals surface area contributed by atoms with E-state index in [1.54, 1.807) is 0 Å². The minimum atomic E-state index is 0.972. The molecule has 1 saturated carbocycles. The van der Waals surface area contributed by atoms with E-state index in [0.717, 1.165) is 23.7 Å². The van der Waals surface area contributed by atoms with Crippen LogP contribution in [-0.4, -0.2) is 0 Å². The second kappa shape index (κ2) is 2.94. The van der Waals surface area contributed by atoms with Gasteiger partial charge in [-0.15, -0.1) is 0 Å². The molecule has 0 N–H and O–H groups in total. The summed E-state index contributed by atoms with van der Waals surface area (Å²) in [6.07, 6.45) is 2.84. The fourth-order valence-corrected chi connectivity index (χ4v) is 2.69. The summed E-state index contributed by atoms with van der Waals surface area (Å²) in [5, 5.41) is 0. The number of hydrogen-bond donors (Lipinski definition) is 0. The van der Waals surface area contributed by atoms with Crippen LogP contribution in [0.25, 0.3) is 0 Å². The highest BCUT2D eigenvalue weighted by molar-refractivity contribution is 4.83. The van der Waals surface area contributed by atoms with Crippen molar-refractivity contribution in [1.82, 2.24) is 0 Å². The van der Waals surface area contributed by atoms with E-state index in [0.29, 0.717) is 0 Å². The van der Waals surface area contributed by atoms with Gasteiger partial charge in [-0.05, 0) is 30.1 Å². The lowest BCUT2D eigenvalue weighted by Gasteiger charge is -2.18. The van der Waals surface area contributed by atoms with Crippen LogP contribution in [0.4, 0.5) is 0 Å². The summed E-state index contributed by atoms with van der Waals surface area (Å²) >= 11 is 0. The Morgan fingerprint density at radius 2 is 1.70 bits per heavy atom. The average Bonchev–Trinajstić information content (AvgIpc) is 2.09. The molecule has 1 aliphatic carbocycles. The van der Waals surface area contributed by atoms with Crippen molar-refractivity contribution in [3.05, 3.63) is 0 Å². The van der Waals surface area contributed by atoms with E-state index in [9.17, 15) is 0 Å². The smallest absolute Gasteiger partial charge is 0.0363 e. The maximum absolute atomic E-state index is 2.42. The van der Waals surface area contributed by atoms with Crippen molar-refractivity contribution in [2.75, 3.05) is 0 Å². The van der Waals surface area contributed by atoms with E-state index in [1.165, 1.54) is 12.8 Å². The Hall–Kier alpha value is 0. The first-order valence-electron chi connectivity index (χ1n) is 4.66. The molecule has 1 fully saturated rings. The summed E-state index contributed by atoms with van der Waals surface area (Å²) in [4.78, 5) is 0. The molecule has 1 aliphatic rings. The van der Waals surface area contributed by atoms with Gasteiger partial charge in [0.1, 0.15) is 0 Å². The molecule has 1 rings (SSSR count). The molecule has 0 aromatic heterocycles. The molecule has 0 radical (unpaired) electrons. The first kappa shape index (κ1) is 8.10. The van der Waals surface area contributed by atoms with Crippen molar-refractivity contribution >= 4 is 0 Å². The van der Waals surface area contributed by atoms with Gasteiger partial charge in [-0.25, -0.2) is 0 Å². The Balaban J connectivity index is 2.55. The molecular weight excluding hydrogens is 120 g/mol. The Kier molecular flexibility index (Phi) is 2.38. The Morgan fingerprint density at radius 1 is 1.10 bits per heavy atom. The molecular formula is C10H20. The maximum atomic E-state index is 2.42. The maximum Gasteiger partial charge on any atom is -0.0363 e. The van der Waals surface area contributed by atoms with Gasteiger partial charge < -0.3 is 0 Å². The molecule has 60 valence electrons. The standard InChI is InChI=1S/C10H20/c1-5-10-8(3)6-7(2)9(10)4/h7-10H,5-6H2,1-4H3/t7-,8+,9-,10?/m0/s1. The Bertz CT molecular complexity index is 107. The van der Waals surface area contributed by atoms with Crippen LogP contribution in [0, 0.1) is 23.7 Å². The van der Waals surface area contributed by atoms with E-state index in [-0.39, 0.29) is 0 Å². The largest absolute Gasteiger partial charge is 0.0651 e. The number of rotatable bonds is 1. The van der Waals surface area contributed by atoms with Gasteiger partial charge in [0.15, 0.2) is 0 Å². The first-order valence-corrected chi connectivity index (χ1v) is 4.66. The van der Waals surface area contributed by atoms with Crippen molar-refractivity contribution in [2.45, 2.75) is 40.5 Å². The molecule has 4 atom stereocenters. The minimum Gasteiger partial charge on any atom is -0.0651 e. The number of hydrogen-bond acceptors (Lipinski definition) is 0. The molecule has 0 saturated heterocycles. The summed E-state index contributed by atoms with van der Waals surface area (Å²) in [6.45, 7) is 9.56. The molecule has 0 bridgehead atoms. The van der Waals surface area contributed by atoms with Gasteiger partial charge in [0.05, 0.1) is 0 Å². The molecule has 0 heteroatoms. The molecule has 0 spiro atoms. The van der Waals surface area contributed by atoms with Crippen LogP contribution in [0.1, 0.15) is 40.5 Å². The van der Waals surface area contributed by atoms with Crippen LogP contribution < -0.4 is 0 Å². The highest BCUT2D eigenvalue weighted by Crippen LogP contribution is 2.42. The quantitative estimate of drug-likeness (QED) is 0.524. The molecule has 0 heterocycles. The van der Waals surface area contributed by atoms with E-state index in [1.807, 2.05) is 0 Å². The summed E-state index contributed by atoms with van der Waals surface area (Å²) in [7, 11) is 0. The Morgan fingerprint density at radius 3 is 1.90 bits per heavy atom. The molecule has 0 nitrogen and oxygen atoms in total. The normalized spacial score (nSPS) is 48.0. The highest BCUT2D eigenvalue weighted by atomic mass is 14.4. The fraction of sp³-hybridized carbons (Fsp3) is 1.00. The molecule has 0 aromatic carbocycles. The fourth-order valence-electron chi connectivity index (χ4n) is 2.69. The van der Waals surface area contributed by atoms with Crippen LogP contribution in [0.15, 0.2) is 0 Å². The van der Waals surface area contributed by atoms with Gasteiger partial charge >= 0.3 is 0 Å². The predicted octanol–water partition coefficient (Wildman–Crippen LogP) is 3.32.